The van der Waals surface area contributed by atoms with Gasteiger partial charge in [-0.15, -0.1) is 0 Å². The molecule has 2 N–H and O–H groups in total. The van der Waals surface area contributed by atoms with Crippen LogP contribution in [-0.4, -0.2) is 62.6 Å². The Kier molecular flexibility index (Phi) is 9.74. The molecule has 0 aromatic heterocycles. The summed E-state index contributed by atoms with van der Waals surface area (Å²) in [6, 6.07) is 0. The highest BCUT2D eigenvalue weighted by Gasteiger charge is 2.19. The van der Waals surface area contributed by atoms with Crippen molar-refractivity contribution in [1.82, 2.24) is 10.2 Å². The van der Waals surface area contributed by atoms with Gasteiger partial charge in [0.15, 0.2) is 0 Å². The van der Waals surface area contributed by atoms with E-state index < -0.39 is 0 Å². The van der Waals surface area contributed by atoms with E-state index in [1.165, 1.54) is 6.42 Å². The van der Waals surface area contributed by atoms with E-state index in [1.807, 2.05) is 7.05 Å². The van der Waals surface area contributed by atoms with Gasteiger partial charge in [-0.3, -0.25) is 0 Å². The monoisotopic (exact) mass is 246 g/mol. The van der Waals surface area contributed by atoms with Crippen molar-refractivity contribution in [3.63, 3.8) is 0 Å². The summed E-state index contributed by atoms with van der Waals surface area (Å²) in [5.74, 6) is 0. The minimum absolute atomic E-state index is 0.121. The van der Waals surface area contributed by atoms with Crippen LogP contribution in [0.2, 0.25) is 0 Å². The van der Waals surface area contributed by atoms with Gasteiger partial charge in [0.05, 0.1) is 13.2 Å². The molecule has 0 rings (SSSR count). The topological polar surface area (TPSA) is 44.7 Å². The van der Waals surface area contributed by atoms with Gasteiger partial charge in [0.2, 0.25) is 0 Å². The van der Waals surface area contributed by atoms with Gasteiger partial charge >= 0.3 is 0 Å². The number of ether oxygens (including phenoxy) is 1. The SMILES string of the molecule is CCN(CCCCC(C)(CO)NC)CCOC. The van der Waals surface area contributed by atoms with E-state index in [2.05, 4.69) is 24.1 Å². The molecular formula is C13H30N2O2. The van der Waals surface area contributed by atoms with Crippen LogP contribution in [-0.2, 0) is 4.74 Å². The molecule has 4 nitrogen and oxygen atoms in total. The summed E-state index contributed by atoms with van der Waals surface area (Å²) >= 11 is 0. The lowest BCUT2D eigenvalue weighted by molar-refractivity contribution is 0.145. The molecule has 0 aliphatic carbocycles. The molecule has 1 atom stereocenters. The first-order chi connectivity index (χ1) is 8.11. The van der Waals surface area contributed by atoms with Crippen molar-refractivity contribution in [2.75, 3.05) is 47.0 Å². The van der Waals surface area contributed by atoms with Crippen LogP contribution >= 0.6 is 0 Å². The Labute approximate surface area is 106 Å². The molecule has 4 heteroatoms. The number of hydrogen-bond acceptors (Lipinski definition) is 4. The third-order valence-corrected chi connectivity index (χ3v) is 3.46. The van der Waals surface area contributed by atoms with Crippen LogP contribution in [0.1, 0.15) is 33.1 Å². The fourth-order valence-corrected chi connectivity index (χ4v) is 1.78. The van der Waals surface area contributed by atoms with E-state index in [4.69, 9.17) is 4.74 Å². The Bertz CT molecular complexity index is 173. The zero-order valence-electron chi connectivity index (χ0n) is 12.0. The second-order valence-corrected chi connectivity index (χ2v) is 4.85. The smallest absolute Gasteiger partial charge is 0.0610 e. The maximum Gasteiger partial charge on any atom is 0.0610 e. The third-order valence-electron chi connectivity index (χ3n) is 3.46. The van der Waals surface area contributed by atoms with Crippen LogP contribution in [0.3, 0.4) is 0 Å². The van der Waals surface area contributed by atoms with Crippen molar-refractivity contribution in [3.8, 4) is 0 Å². The normalized spacial score (nSPS) is 15.2. The van der Waals surface area contributed by atoms with E-state index in [-0.39, 0.29) is 12.1 Å². The van der Waals surface area contributed by atoms with Crippen LogP contribution in [0.15, 0.2) is 0 Å². The minimum atomic E-state index is -0.121. The zero-order valence-corrected chi connectivity index (χ0v) is 12.0. The molecule has 17 heavy (non-hydrogen) atoms. The molecule has 0 saturated heterocycles. The molecule has 0 heterocycles. The molecular weight excluding hydrogens is 216 g/mol. The van der Waals surface area contributed by atoms with Crippen molar-refractivity contribution in [3.05, 3.63) is 0 Å². The first-order valence-corrected chi connectivity index (χ1v) is 6.63. The molecule has 0 saturated carbocycles. The van der Waals surface area contributed by atoms with Gasteiger partial charge in [-0.2, -0.15) is 0 Å². The number of hydrogen-bond donors (Lipinski definition) is 2. The van der Waals surface area contributed by atoms with Crippen LogP contribution in [0.25, 0.3) is 0 Å². The number of methoxy groups -OCH3 is 1. The molecule has 0 radical (unpaired) electrons. The Morgan fingerprint density at radius 1 is 1.29 bits per heavy atom. The van der Waals surface area contributed by atoms with Gasteiger partial charge in [-0.05, 0) is 39.9 Å². The molecule has 0 aliphatic rings. The number of nitrogens with one attached hydrogen (secondary N) is 1. The Morgan fingerprint density at radius 2 is 2.00 bits per heavy atom. The maximum atomic E-state index is 9.27. The lowest BCUT2D eigenvalue weighted by atomic mass is 9.96. The summed E-state index contributed by atoms with van der Waals surface area (Å²) in [6.45, 7) is 8.45. The summed E-state index contributed by atoms with van der Waals surface area (Å²) < 4.78 is 5.08. The quantitative estimate of drug-likeness (QED) is 0.536. The van der Waals surface area contributed by atoms with Crippen molar-refractivity contribution >= 4 is 0 Å². The van der Waals surface area contributed by atoms with E-state index in [0.29, 0.717) is 0 Å². The maximum absolute atomic E-state index is 9.27. The van der Waals surface area contributed by atoms with Crippen molar-refractivity contribution < 1.29 is 9.84 Å². The summed E-state index contributed by atoms with van der Waals surface area (Å²) in [6.07, 6.45) is 3.33. The number of aliphatic hydroxyl groups excluding tert-OH is 1. The van der Waals surface area contributed by atoms with E-state index in [0.717, 1.165) is 39.1 Å². The standard InChI is InChI=1S/C13H30N2O2/c1-5-15(10-11-17-4)9-7-6-8-13(2,12-16)14-3/h14,16H,5-12H2,1-4H3. The highest BCUT2D eigenvalue weighted by atomic mass is 16.5. The average Bonchev–Trinajstić information content (AvgIpc) is 2.37. The number of likely N-dealkylation sites (N-methyl/N-ethyl adjacent to an activating group) is 2. The molecule has 0 fully saturated rings. The second-order valence-electron chi connectivity index (χ2n) is 4.85. The Hall–Kier alpha value is -0.160. The van der Waals surface area contributed by atoms with E-state index in [9.17, 15) is 5.11 Å². The van der Waals surface area contributed by atoms with E-state index in [1.54, 1.807) is 7.11 Å². The van der Waals surface area contributed by atoms with Gasteiger partial charge in [0, 0.05) is 19.2 Å². The highest BCUT2D eigenvalue weighted by Crippen LogP contribution is 2.12. The predicted octanol–water partition coefficient (Wildman–Crippen LogP) is 1.10. The van der Waals surface area contributed by atoms with Crippen LogP contribution in [0, 0.1) is 0 Å². The number of nitrogens with zero attached hydrogens (tertiary/aromatic N) is 1. The zero-order chi connectivity index (χ0) is 13.1. The van der Waals surface area contributed by atoms with Gasteiger partial charge in [-0.1, -0.05) is 13.3 Å². The van der Waals surface area contributed by atoms with E-state index >= 15 is 0 Å². The van der Waals surface area contributed by atoms with Crippen LogP contribution in [0.4, 0.5) is 0 Å². The molecule has 0 bridgehead atoms. The van der Waals surface area contributed by atoms with Crippen molar-refractivity contribution in [2.24, 2.45) is 0 Å². The fraction of sp³-hybridized carbons (Fsp3) is 1.00. The summed E-state index contributed by atoms with van der Waals surface area (Å²) in [5.41, 5.74) is -0.121. The Morgan fingerprint density at radius 3 is 2.47 bits per heavy atom. The lowest BCUT2D eigenvalue weighted by Gasteiger charge is -2.27. The Balaban J connectivity index is 3.67. The molecule has 0 aliphatic heterocycles. The lowest BCUT2D eigenvalue weighted by Crippen LogP contribution is -2.43. The number of unbranched alkanes of at least 4 members (excludes halogenated alkanes) is 1. The molecule has 0 aromatic carbocycles. The molecule has 1 unspecified atom stereocenters. The molecule has 0 amide bonds. The predicted molar refractivity (Wildman–Crippen MR) is 72.4 cm³/mol. The summed E-state index contributed by atoms with van der Waals surface area (Å²) in [5, 5.41) is 12.4. The largest absolute Gasteiger partial charge is 0.394 e. The first kappa shape index (κ1) is 16.8. The van der Waals surface area contributed by atoms with Gasteiger partial charge in [-0.25, -0.2) is 0 Å². The molecule has 0 spiro atoms. The highest BCUT2D eigenvalue weighted by molar-refractivity contribution is 4.80. The molecule has 0 aromatic rings. The molecule has 104 valence electrons. The fourth-order valence-electron chi connectivity index (χ4n) is 1.78. The minimum Gasteiger partial charge on any atom is -0.394 e. The van der Waals surface area contributed by atoms with Crippen LogP contribution in [0.5, 0.6) is 0 Å². The van der Waals surface area contributed by atoms with Crippen molar-refractivity contribution in [1.29, 1.82) is 0 Å². The van der Waals surface area contributed by atoms with Gasteiger partial charge < -0.3 is 20.1 Å². The van der Waals surface area contributed by atoms with Gasteiger partial charge in [0.1, 0.15) is 0 Å². The van der Waals surface area contributed by atoms with Gasteiger partial charge in [0.25, 0.3) is 0 Å². The average molecular weight is 246 g/mol. The van der Waals surface area contributed by atoms with Crippen molar-refractivity contribution in [2.45, 2.75) is 38.6 Å². The number of aliphatic hydroxyl groups is 1. The number of rotatable bonds is 11. The summed E-state index contributed by atoms with van der Waals surface area (Å²) in [4.78, 5) is 2.40. The van der Waals surface area contributed by atoms with Crippen LogP contribution < -0.4 is 5.32 Å². The summed E-state index contributed by atoms with van der Waals surface area (Å²) in [7, 11) is 3.65. The first-order valence-electron chi connectivity index (χ1n) is 6.63. The second kappa shape index (κ2) is 9.83. The third kappa shape index (κ3) is 7.71.